The van der Waals surface area contributed by atoms with Crippen molar-refractivity contribution >= 4 is 40.7 Å². The van der Waals surface area contributed by atoms with Gasteiger partial charge in [-0.1, -0.05) is 33.4 Å². The van der Waals surface area contributed by atoms with Crippen LogP contribution in [0.2, 0.25) is 5.02 Å². The first-order chi connectivity index (χ1) is 16.4. The van der Waals surface area contributed by atoms with Gasteiger partial charge in [0.2, 0.25) is 5.91 Å². The summed E-state index contributed by atoms with van der Waals surface area (Å²) in [5, 5.41) is 8.80. The van der Waals surface area contributed by atoms with Crippen molar-refractivity contribution in [2.75, 3.05) is 13.1 Å². The van der Waals surface area contributed by atoms with Gasteiger partial charge in [-0.15, -0.1) is 5.10 Å². The molecule has 172 valence electrons. The third-order valence-electron chi connectivity index (χ3n) is 6.79. The Morgan fingerprint density at radius 2 is 2.00 bits per heavy atom. The lowest BCUT2D eigenvalue weighted by Gasteiger charge is -2.41. The summed E-state index contributed by atoms with van der Waals surface area (Å²) in [7, 11) is 0. The molecule has 0 N–H and O–H groups in total. The van der Waals surface area contributed by atoms with Crippen molar-refractivity contribution in [1.29, 1.82) is 0 Å². The number of carbonyl (C=O) groups is 2. The van der Waals surface area contributed by atoms with Crippen LogP contribution in [0.4, 0.5) is 0 Å². The summed E-state index contributed by atoms with van der Waals surface area (Å²) in [5.41, 5.74) is 2.13. The summed E-state index contributed by atoms with van der Waals surface area (Å²) in [5.74, 6) is -0.978. The minimum atomic E-state index is -1.13. The quantitative estimate of drug-likeness (QED) is 0.554. The van der Waals surface area contributed by atoms with Crippen LogP contribution in [0.25, 0.3) is 0 Å². The second-order valence-electron chi connectivity index (χ2n) is 8.51. The van der Waals surface area contributed by atoms with Crippen molar-refractivity contribution in [2.45, 2.75) is 25.6 Å². The molecule has 1 aromatic carbocycles. The molecule has 6 rings (SSSR count). The smallest absolute Gasteiger partial charge is 0.256 e. The molecule has 3 unspecified atom stereocenters. The van der Waals surface area contributed by atoms with Crippen LogP contribution in [0, 0.1) is 12.8 Å². The van der Waals surface area contributed by atoms with Gasteiger partial charge in [0.15, 0.2) is 11.8 Å². The first-order valence-electron chi connectivity index (χ1n) is 10.8. The SMILES string of the molecule is CC1=NOC(c2snnc2C)C1C(=O)N1CCN2C(=O)c3ccncc3C21c1ccc(Cl)cc1. The maximum Gasteiger partial charge on any atom is 0.256 e. The summed E-state index contributed by atoms with van der Waals surface area (Å²) in [4.78, 5) is 42.0. The van der Waals surface area contributed by atoms with Gasteiger partial charge in [0, 0.05) is 41.6 Å². The van der Waals surface area contributed by atoms with E-state index in [-0.39, 0.29) is 11.8 Å². The predicted molar refractivity (Wildman–Crippen MR) is 124 cm³/mol. The van der Waals surface area contributed by atoms with Crippen LogP contribution in [0.5, 0.6) is 0 Å². The van der Waals surface area contributed by atoms with Gasteiger partial charge in [0.25, 0.3) is 5.91 Å². The Morgan fingerprint density at radius 1 is 1.21 bits per heavy atom. The number of hydrogen-bond acceptors (Lipinski definition) is 8. The monoisotopic (exact) mass is 494 g/mol. The summed E-state index contributed by atoms with van der Waals surface area (Å²) in [6, 6.07) is 8.96. The van der Waals surface area contributed by atoms with Gasteiger partial charge >= 0.3 is 0 Å². The van der Waals surface area contributed by atoms with Gasteiger partial charge in [-0.05, 0) is 43.6 Å². The minimum Gasteiger partial charge on any atom is -0.385 e. The molecule has 3 aliphatic rings. The third kappa shape index (κ3) is 2.72. The molecule has 9 nitrogen and oxygen atoms in total. The number of oxime groups is 1. The largest absolute Gasteiger partial charge is 0.385 e. The molecule has 0 radical (unpaired) electrons. The Bertz CT molecular complexity index is 1360. The van der Waals surface area contributed by atoms with E-state index >= 15 is 0 Å². The highest BCUT2D eigenvalue weighted by molar-refractivity contribution is 7.05. The summed E-state index contributed by atoms with van der Waals surface area (Å²) < 4.78 is 4.01. The molecular weight excluding hydrogens is 476 g/mol. The molecule has 11 heteroatoms. The summed E-state index contributed by atoms with van der Waals surface area (Å²) >= 11 is 7.38. The average molecular weight is 495 g/mol. The lowest BCUT2D eigenvalue weighted by Crippen LogP contribution is -2.54. The maximum absolute atomic E-state index is 14.3. The molecule has 1 fully saturated rings. The normalized spacial score (nSPS) is 25.3. The Hall–Kier alpha value is -3.37. The van der Waals surface area contributed by atoms with Crippen LogP contribution in [0.3, 0.4) is 0 Å². The second kappa shape index (κ2) is 7.57. The Morgan fingerprint density at radius 3 is 2.74 bits per heavy atom. The fourth-order valence-corrected chi connectivity index (χ4v) is 6.12. The number of rotatable bonds is 3. The third-order valence-corrected chi connectivity index (χ3v) is 7.93. The fraction of sp³-hybridized carbons (Fsp3) is 0.304. The van der Waals surface area contributed by atoms with Crippen molar-refractivity contribution < 1.29 is 14.4 Å². The highest BCUT2D eigenvalue weighted by Crippen LogP contribution is 2.51. The van der Waals surface area contributed by atoms with E-state index in [4.69, 9.17) is 16.4 Å². The molecule has 3 aliphatic heterocycles. The van der Waals surface area contributed by atoms with E-state index in [0.29, 0.717) is 40.6 Å². The molecule has 1 saturated heterocycles. The zero-order valence-electron chi connectivity index (χ0n) is 18.3. The number of amides is 2. The average Bonchev–Trinajstić information content (AvgIpc) is 3.59. The molecule has 2 amide bonds. The van der Waals surface area contributed by atoms with Crippen molar-refractivity contribution in [3.63, 3.8) is 0 Å². The summed E-state index contributed by atoms with van der Waals surface area (Å²) in [6.07, 6.45) is 2.65. The summed E-state index contributed by atoms with van der Waals surface area (Å²) in [6.45, 7) is 4.36. The number of halogens is 1. The molecule has 3 atom stereocenters. The van der Waals surface area contributed by atoms with Crippen LogP contribution in [-0.2, 0) is 15.3 Å². The fourth-order valence-electron chi connectivity index (χ4n) is 5.28. The molecule has 0 aliphatic carbocycles. The molecular formula is C23H19ClN6O3S. The highest BCUT2D eigenvalue weighted by atomic mass is 35.5. The molecule has 0 saturated carbocycles. The molecule has 2 aromatic heterocycles. The van der Waals surface area contributed by atoms with Crippen molar-refractivity contribution in [3.05, 3.63) is 75.0 Å². The highest BCUT2D eigenvalue weighted by Gasteiger charge is 2.61. The topological polar surface area (TPSA) is 101 Å². The number of hydrogen-bond donors (Lipinski definition) is 0. The van der Waals surface area contributed by atoms with Gasteiger partial charge < -0.3 is 14.6 Å². The van der Waals surface area contributed by atoms with E-state index in [1.165, 1.54) is 11.5 Å². The number of carbonyl (C=O) groups excluding carboxylic acids is 2. The zero-order chi connectivity index (χ0) is 23.6. The number of aromatic nitrogens is 3. The first-order valence-corrected chi connectivity index (χ1v) is 11.9. The van der Waals surface area contributed by atoms with Gasteiger partial charge in [-0.2, -0.15) is 0 Å². The van der Waals surface area contributed by atoms with Gasteiger partial charge in [-0.25, -0.2) is 0 Å². The molecule has 0 bridgehead atoms. The lowest BCUT2D eigenvalue weighted by atomic mass is 9.88. The number of benzene rings is 1. The van der Waals surface area contributed by atoms with Crippen LogP contribution in [-0.4, -0.2) is 55.0 Å². The van der Waals surface area contributed by atoms with E-state index in [9.17, 15) is 9.59 Å². The van der Waals surface area contributed by atoms with Gasteiger partial charge in [0.05, 0.1) is 21.8 Å². The number of pyridine rings is 1. The second-order valence-corrected chi connectivity index (χ2v) is 9.73. The van der Waals surface area contributed by atoms with Crippen LogP contribution < -0.4 is 0 Å². The minimum absolute atomic E-state index is 0.130. The van der Waals surface area contributed by atoms with Crippen LogP contribution in [0.1, 0.15) is 45.1 Å². The standard InChI is InChI=1S/C23H19ClN6O3S/c1-12-18(19(33-27-12)20-13(2)26-28-34-20)22(32)30-10-9-29-21(31)16-7-8-25-11-17(16)23(29,30)14-3-5-15(24)6-4-14/h3-8,11,18-19H,9-10H2,1-2H3. The van der Waals surface area contributed by atoms with E-state index in [1.54, 1.807) is 47.3 Å². The lowest BCUT2D eigenvalue weighted by molar-refractivity contribution is -0.141. The van der Waals surface area contributed by atoms with Crippen molar-refractivity contribution in [1.82, 2.24) is 24.4 Å². The molecule has 3 aromatic rings. The first kappa shape index (κ1) is 21.2. The van der Waals surface area contributed by atoms with Crippen LogP contribution >= 0.6 is 23.1 Å². The number of fused-ring (bicyclic) bond motifs is 3. The predicted octanol–water partition coefficient (Wildman–Crippen LogP) is 3.16. The van der Waals surface area contributed by atoms with Gasteiger partial charge in [0.1, 0.15) is 5.92 Å². The molecule has 0 spiro atoms. The molecule has 34 heavy (non-hydrogen) atoms. The van der Waals surface area contributed by atoms with Crippen molar-refractivity contribution in [3.8, 4) is 0 Å². The molecule has 5 heterocycles. The number of aryl methyl sites for hydroxylation is 1. The van der Waals surface area contributed by atoms with E-state index in [0.717, 1.165) is 10.4 Å². The maximum atomic E-state index is 14.3. The van der Waals surface area contributed by atoms with E-state index in [1.807, 2.05) is 19.1 Å². The van der Waals surface area contributed by atoms with E-state index in [2.05, 4.69) is 19.7 Å². The zero-order valence-corrected chi connectivity index (χ0v) is 19.9. The van der Waals surface area contributed by atoms with Crippen LogP contribution in [0.15, 0.2) is 47.9 Å². The van der Waals surface area contributed by atoms with E-state index < -0.39 is 17.7 Å². The Balaban J connectivity index is 1.52. The number of nitrogens with zero attached hydrogens (tertiary/aromatic N) is 6. The van der Waals surface area contributed by atoms with Gasteiger partial charge in [-0.3, -0.25) is 14.6 Å². The Kier molecular flexibility index (Phi) is 4.72. The van der Waals surface area contributed by atoms with Crippen molar-refractivity contribution in [2.24, 2.45) is 11.1 Å². The Labute approximate surface area is 204 Å².